The van der Waals surface area contributed by atoms with Gasteiger partial charge in [0.2, 0.25) is 5.91 Å². The van der Waals surface area contributed by atoms with Crippen LogP contribution in [0.5, 0.6) is 5.75 Å². The number of aromatic hydroxyl groups is 1. The number of halogens is 1. The second-order valence-corrected chi connectivity index (χ2v) is 5.81. The third kappa shape index (κ3) is 4.61. The van der Waals surface area contributed by atoms with Crippen LogP contribution in [0.1, 0.15) is 0 Å². The van der Waals surface area contributed by atoms with Crippen LogP contribution in [0.2, 0.25) is 0 Å². The van der Waals surface area contributed by atoms with E-state index in [0.717, 1.165) is 15.1 Å². The smallest absolute Gasteiger partial charge is 0.234 e. The molecule has 0 aliphatic carbocycles. The number of nitrogens with one attached hydrogen (secondary N) is 1. The zero-order chi connectivity index (χ0) is 13.7. The Morgan fingerprint density at radius 1 is 1.21 bits per heavy atom. The van der Waals surface area contributed by atoms with E-state index >= 15 is 0 Å². The molecule has 1 amide bonds. The lowest BCUT2D eigenvalue weighted by atomic mass is 10.3. The summed E-state index contributed by atoms with van der Waals surface area (Å²) in [5.74, 6) is 0.496. The molecule has 2 N–H and O–H groups in total. The first-order valence-electron chi connectivity index (χ1n) is 5.61. The zero-order valence-corrected chi connectivity index (χ0v) is 12.4. The summed E-state index contributed by atoms with van der Waals surface area (Å²) in [5, 5.41) is 12.0. The van der Waals surface area contributed by atoms with Gasteiger partial charge in [-0.3, -0.25) is 4.79 Å². The summed E-state index contributed by atoms with van der Waals surface area (Å²) in [7, 11) is 0. The molecule has 0 fully saturated rings. The predicted molar refractivity (Wildman–Crippen MR) is 81.6 cm³/mol. The number of hydrogen-bond acceptors (Lipinski definition) is 3. The molecule has 19 heavy (non-hydrogen) atoms. The van der Waals surface area contributed by atoms with Crippen molar-refractivity contribution in [1.82, 2.24) is 0 Å². The third-order valence-corrected chi connectivity index (χ3v) is 3.82. The van der Waals surface area contributed by atoms with Crippen LogP contribution in [-0.4, -0.2) is 16.8 Å². The standard InChI is InChI=1S/C14H12BrNO2S/c15-10-2-1-3-11(8-10)16-14(18)9-19-13-6-4-12(17)5-7-13/h1-8,17H,9H2,(H,16,18). The first kappa shape index (κ1) is 14.0. The van der Waals surface area contributed by atoms with E-state index in [4.69, 9.17) is 5.11 Å². The van der Waals surface area contributed by atoms with Crippen LogP contribution in [0.3, 0.4) is 0 Å². The molecule has 98 valence electrons. The van der Waals surface area contributed by atoms with Crippen LogP contribution in [0.4, 0.5) is 5.69 Å². The third-order valence-electron chi connectivity index (χ3n) is 2.32. The molecule has 5 heteroatoms. The summed E-state index contributed by atoms with van der Waals surface area (Å²) < 4.78 is 0.927. The maximum Gasteiger partial charge on any atom is 0.234 e. The van der Waals surface area contributed by atoms with Crippen LogP contribution >= 0.6 is 27.7 Å². The molecule has 0 saturated heterocycles. The Hall–Kier alpha value is -1.46. The number of carbonyl (C=O) groups is 1. The van der Waals surface area contributed by atoms with Crippen LogP contribution in [-0.2, 0) is 4.79 Å². The first-order chi connectivity index (χ1) is 9.13. The van der Waals surface area contributed by atoms with Crippen LogP contribution < -0.4 is 5.32 Å². The second-order valence-electron chi connectivity index (χ2n) is 3.84. The van der Waals surface area contributed by atoms with Gasteiger partial charge in [0.25, 0.3) is 0 Å². The summed E-state index contributed by atoms with van der Waals surface area (Å²) in [4.78, 5) is 12.7. The lowest BCUT2D eigenvalue weighted by Gasteiger charge is -2.05. The van der Waals surface area contributed by atoms with Crippen molar-refractivity contribution in [2.75, 3.05) is 11.1 Å². The van der Waals surface area contributed by atoms with E-state index in [1.165, 1.54) is 11.8 Å². The largest absolute Gasteiger partial charge is 0.508 e. The predicted octanol–water partition coefficient (Wildman–Crippen LogP) is 3.89. The molecule has 0 radical (unpaired) electrons. The number of hydrogen-bond donors (Lipinski definition) is 2. The summed E-state index contributed by atoms with van der Waals surface area (Å²) in [6.45, 7) is 0. The molecule has 3 nitrogen and oxygen atoms in total. The molecule has 0 spiro atoms. The first-order valence-corrected chi connectivity index (χ1v) is 7.38. The Kier molecular flexibility index (Phi) is 4.87. The molecule has 2 aromatic carbocycles. The monoisotopic (exact) mass is 337 g/mol. The highest BCUT2D eigenvalue weighted by molar-refractivity contribution is 9.10. The minimum absolute atomic E-state index is 0.0591. The molecule has 0 saturated carbocycles. The van der Waals surface area contributed by atoms with Gasteiger partial charge in [-0.05, 0) is 42.5 Å². The summed E-state index contributed by atoms with van der Waals surface area (Å²) in [6.07, 6.45) is 0. The van der Waals surface area contributed by atoms with E-state index in [2.05, 4.69) is 21.2 Å². The number of thioether (sulfide) groups is 1. The SMILES string of the molecule is O=C(CSc1ccc(O)cc1)Nc1cccc(Br)c1. The molecular weight excluding hydrogens is 326 g/mol. The summed E-state index contributed by atoms with van der Waals surface area (Å²) in [6, 6.07) is 14.2. The molecule has 0 aliphatic heterocycles. The number of phenolic OH excluding ortho intramolecular Hbond substituents is 1. The lowest BCUT2D eigenvalue weighted by molar-refractivity contribution is -0.113. The molecular formula is C14H12BrNO2S. The van der Waals surface area contributed by atoms with E-state index in [1.807, 2.05) is 24.3 Å². The van der Waals surface area contributed by atoms with Gasteiger partial charge in [0.1, 0.15) is 5.75 Å². The topological polar surface area (TPSA) is 49.3 Å². The van der Waals surface area contributed by atoms with Crippen LogP contribution in [0.25, 0.3) is 0 Å². The molecule has 0 unspecified atom stereocenters. The average Bonchev–Trinajstić information content (AvgIpc) is 2.38. The van der Waals surface area contributed by atoms with Crippen molar-refractivity contribution >= 4 is 39.3 Å². The van der Waals surface area contributed by atoms with Crippen molar-refractivity contribution < 1.29 is 9.90 Å². The Morgan fingerprint density at radius 3 is 2.63 bits per heavy atom. The van der Waals surface area contributed by atoms with Crippen molar-refractivity contribution in [3.8, 4) is 5.75 Å². The van der Waals surface area contributed by atoms with E-state index in [0.29, 0.717) is 5.75 Å². The van der Waals surface area contributed by atoms with Gasteiger partial charge in [0.05, 0.1) is 5.75 Å². The number of phenols is 1. The Labute approximate surface area is 124 Å². The van der Waals surface area contributed by atoms with Gasteiger partial charge >= 0.3 is 0 Å². The Morgan fingerprint density at radius 2 is 1.95 bits per heavy atom. The average molecular weight is 338 g/mol. The molecule has 0 aliphatic rings. The molecule has 2 aromatic rings. The highest BCUT2D eigenvalue weighted by atomic mass is 79.9. The summed E-state index contributed by atoms with van der Waals surface area (Å²) >= 11 is 4.78. The van der Waals surface area contributed by atoms with Crippen LogP contribution in [0.15, 0.2) is 57.9 Å². The van der Waals surface area contributed by atoms with Gasteiger partial charge in [-0.1, -0.05) is 22.0 Å². The maximum atomic E-state index is 11.8. The summed E-state index contributed by atoms with van der Waals surface area (Å²) in [5.41, 5.74) is 0.769. The minimum Gasteiger partial charge on any atom is -0.508 e. The van der Waals surface area contributed by atoms with E-state index < -0.39 is 0 Å². The van der Waals surface area contributed by atoms with Gasteiger partial charge in [-0.2, -0.15) is 0 Å². The molecule has 0 bridgehead atoms. The zero-order valence-electron chi connectivity index (χ0n) is 9.97. The quantitative estimate of drug-likeness (QED) is 0.832. The van der Waals surface area contributed by atoms with E-state index in [1.54, 1.807) is 24.3 Å². The van der Waals surface area contributed by atoms with E-state index in [9.17, 15) is 4.79 Å². The minimum atomic E-state index is -0.0591. The molecule has 0 aromatic heterocycles. The number of anilines is 1. The number of rotatable bonds is 4. The molecule has 2 rings (SSSR count). The fraction of sp³-hybridized carbons (Fsp3) is 0.0714. The molecule has 0 atom stereocenters. The van der Waals surface area contributed by atoms with Crippen molar-refractivity contribution in [2.24, 2.45) is 0 Å². The fourth-order valence-electron chi connectivity index (χ4n) is 1.45. The van der Waals surface area contributed by atoms with Gasteiger partial charge < -0.3 is 10.4 Å². The number of amides is 1. The van der Waals surface area contributed by atoms with Crippen molar-refractivity contribution in [2.45, 2.75) is 4.90 Å². The Bertz CT molecular complexity index is 572. The van der Waals surface area contributed by atoms with Gasteiger partial charge in [0, 0.05) is 15.1 Å². The second kappa shape index (κ2) is 6.63. The maximum absolute atomic E-state index is 11.8. The molecule has 0 heterocycles. The van der Waals surface area contributed by atoms with Crippen molar-refractivity contribution in [1.29, 1.82) is 0 Å². The van der Waals surface area contributed by atoms with Crippen LogP contribution in [0, 0.1) is 0 Å². The highest BCUT2D eigenvalue weighted by Gasteiger charge is 2.04. The van der Waals surface area contributed by atoms with Crippen molar-refractivity contribution in [3.63, 3.8) is 0 Å². The fourth-order valence-corrected chi connectivity index (χ4v) is 2.55. The lowest BCUT2D eigenvalue weighted by Crippen LogP contribution is -2.13. The van der Waals surface area contributed by atoms with E-state index in [-0.39, 0.29) is 11.7 Å². The van der Waals surface area contributed by atoms with Gasteiger partial charge in [0.15, 0.2) is 0 Å². The van der Waals surface area contributed by atoms with Crippen molar-refractivity contribution in [3.05, 3.63) is 53.0 Å². The highest BCUT2D eigenvalue weighted by Crippen LogP contribution is 2.21. The number of benzene rings is 2. The normalized spacial score (nSPS) is 10.2. The van der Waals surface area contributed by atoms with Gasteiger partial charge in [-0.15, -0.1) is 11.8 Å². The Balaban J connectivity index is 1.86. The van der Waals surface area contributed by atoms with Gasteiger partial charge in [-0.25, -0.2) is 0 Å². The number of carbonyl (C=O) groups excluding carboxylic acids is 1.